The minimum atomic E-state index is 1.18. The molecule has 0 fully saturated rings. The second-order valence-electron chi connectivity index (χ2n) is 2.57. The van der Waals surface area contributed by atoms with Crippen molar-refractivity contribution in [3.63, 3.8) is 0 Å². The fourth-order valence-corrected chi connectivity index (χ4v) is 1.04. The van der Waals surface area contributed by atoms with Gasteiger partial charge in [-0.3, -0.25) is 9.98 Å². The van der Waals surface area contributed by atoms with Crippen LogP contribution in [0.2, 0.25) is 0 Å². The number of aliphatic imine (C=N–C) groups is 1. The number of pyridine rings is 1. The Morgan fingerprint density at radius 2 is 1.82 bits per heavy atom. The van der Waals surface area contributed by atoms with Crippen molar-refractivity contribution in [1.29, 1.82) is 0 Å². The van der Waals surface area contributed by atoms with Crippen LogP contribution in [0.5, 0.6) is 0 Å². The molecule has 0 atom stereocenters. The van der Waals surface area contributed by atoms with Crippen LogP contribution in [0, 0.1) is 13.8 Å². The summed E-state index contributed by atoms with van der Waals surface area (Å²) >= 11 is 0. The number of aromatic nitrogens is 1. The maximum Gasteiger partial charge on any atom is 0.0303 e. The Morgan fingerprint density at radius 3 is 2.27 bits per heavy atom. The SMILES string of the molecule is CN=Cc1c(C)cncc1C. The number of hydrogen-bond acceptors (Lipinski definition) is 2. The monoisotopic (exact) mass is 148 g/mol. The average Bonchev–Trinajstić information content (AvgIpc) is 1.97. The molecule has 0 unspecified atom stereocenters. The molecule has 0 aliphatic carbocycles. The molecule has 0 saturated heterocycles. The summed E-state index contributed by atoms with van der Waals surface area (Å²) in [5.41, 5.74) is 3.54. The molecular formula is C9H12N2. The molecule has 1 heterocycles. The van der Waals surface area contributed by atoms with E-state index in [1.807, 2.05) is 32.5 Å². The van der Waals surface area contributed by atoms with Crippen molar-refractivity contribution >= 4 is 6.21 Å². The van der Waals surface area contributed by atoms with Crippen molar-refractivity contribution in [2.45, 2.75) is 13.8 Å². The van der Waals surface area contributed by atoms with Crippen LogP contribution in [0.1, 0.15) is 16.7 Å². The normalized spacial score (nSPS) is 10.8. The molecule has 1 aromatic heterocycles. The number of hydrogen-bond donors (Lipinski definition) is 0. The highest BCUT2D eigenvalue weighted by Crippen LogP contribution is 2.07. The van der Waals surface area contributed by atoms with Gasteiger partial charge in [0.15, 0.2) is 0 Å². The van der Waals surface area contributed by atoms with E-state index in [0.29, 0.717) is 0 Å². The van der Waals surface area contributed by atoms with E-state index >= 15 is 0 Å². The maximum absolute atomic E-state index is 4.07. The summed E-state index contributed by atoms with van der Waals surface area (Å²) in [7, 11) is 1.78. The van der Waals surface area contributed by atoms with Gasteiger partial charge in [-0.25, -0.2) is 0 Å². The highest BCUT2D eigenvalue weighted by atomic mass is 14.7. The molecule has 0 spiro atoms. The van der Waals surface area contributed by atoms with Crippen LogP contribution in [0.15, 0.2) is 17.4 Å². The van der Waals surface area contributed by atoms with Crippen molar-refractivity contribution in [2.75, 3.05) is 7.05 Å². The summed E-state index contributed by atoms with van der Waals surface area (Å²) in [6, 6.07) is 0. The van der Waals surface area contributed by atoms with Crippen molar-refractivity contribution in [3.05, 3.63) is 29.1 Å². The van der Waals surface area contributed by atoms with Gasteiger partial charge in [-0.1, -0.05) is 0 Å². The van der Waals surface area contributed by atoms with Gasteiger partial charge in [0.25, 0.3) is 0 Å². The Balaban J connectivity index is 3.20. The van der Waals surface area contributed by atoms with Gasteiger partial charge < -0.3 is 0 Å². The van der Waals surface area contributed by atoms with Gasteiger partial charge in [-0.05, 0) is 25.0 Å². The molecule has 0 bridgehead atoms. The average molecular weight is 148 g/mol. The molecule has 0 aliphatic rings. The zero-order valence-corrected chi connectivity index (χ0v) is 7.13. The molecule has 0 amide bonds. The van der Waals surface area contributed by atoms with Gasteiger partial charge in [0.1, 0.15) is 0 Å². The second kappa shape index (κ2) is 3.28. The molecule has 0 radical (unpaired) electrons. The van der Waals surface area contributed by atoms with E-state index in [1.165, 1.54) is 16.7 Å². The largest absolute Gasteiger partial charge is 0.296 e. The standard InChI is InChI=1S/C9H12N2/c1-7-4-11-5-8(2)9(7)6-10-3/h4-6H,1-3H3. The third-order valence-corrected chi connectivity index (χ3v) is 1.64. The van der Waals surface area contributed by atoms with Crippen LogP contribution in [-0.2, 0) is 0 Å². The van der Waals surface area contributed by atoms with Crippen LogP contribution in [0.3, 0.4) is 0 Å². The molecule has 2 heteroatoms. The van der Waals surface area contributed by atoms with Crippen molar-refractivity contribution in [3.8, 4) is 0 Å². The molecule has 58 valence electrons. The first-order valence-corrected chi connectivity index (χ1v) is 3.59. The number of aryl methyl sites for hydroxylation is 2. The third kappa shape index (κ3) is 1.64. The van der Waals surface area contributed by atoms with Crippen molar-refractivity contribution in [2.24, 2.45) is 4.99 Å². The Bertz CT molecular complexity index is 257. The lowest BCUT2D eigenvalue weighted by Crippen LogP contribution is -1.92. The first-order valence-electron chi connectivity index (χ1n) is 3.59. The molecule has 11 heavy (non-hydrogen) atoms. The molecule has 0 saturated carbocycles. The number of nitrogens with zero attached hydrogens (tertiary/aromatic N) is 2. The van der Waals surface area contributed by atoms with Gasteiger partial charge in [-0.2, -0.15) is 0 Å². The zero-order valence-electron chi connectivity index (χ0n) is 7.13. The summed E-state index contributed by atoms with van der Waals surface area (Å²) in [5.74, 6) is 0. The van der Waals surface area contributed by atoms with Crippen LogP contribution in [-0.4, -0.2) is 18.2 Å². The highest BCUT2D eigenvalue weighted by molar-refractivity contribution is 5.83. The smallest absolute Gasteiger partial charge is 0.0303 e. The van der Waals surface area contributed by atoms with Gasteiger partial charge in [0.2, 0.25) is 0 Å². The summed E-state index contributed by atoms with van der Waals surface area (Å²) in [5, 5.41) is 0. The molecule has 2 nitrogen and oxygen atoms in total. The Morgan fingerprint density at radius 1 is 1.27 bits per heavy atom. The second-order valence-corrected chi connectivity index (χ2v) is 2.57. The molecule has 1 rings (SSSR count). The molecule has 0 aromatic carbocycles. The van der Waals surface area contributed by atoms with Gasteiger partial charge in [0, 0.05) is 31.2 Å². The summed E-state index contributed by atoms with van der Waals surface area (Å²) in [6.07, 6.45) is 5.57. The quantitative estimate of drug-likeness (QED) is 0.557. The van der Waals surface area contributed by atoms with E-state index < -0.39 is 0 Å². The van der Waals surface area contributed by atoms with E-state index in [2.05, 4.69) is 9.98 Å². The van der Waals surface area contributed by atoms with Crippen molar-refractivity contribution < 1.29 is 0 Å². The summed E-state index contributed by atoms with van der Waals surface area (Å²) in [6.45, 7) is 4.08. The predicted octanol–water partition coefficient (Wildman–Crippen LogP) is 1.75. The Labute approximate surface area is 67.0 Å². The lowest BCUT2D eigenvalue weighted by molar-refractivity contribution is 1.21. The lowest BCUT2D eigenvalue weighted by atomic mass is 10.1. The van der Waals surface area contributed by atoms with E-state index in [9.17, 15) is 0 Å². The third-order valence-electron chi connectivity index (χ3n) is 1.64. The molecule has 1 aromatic rings. The minimum absolute atomic E-state index is 1.18. The maximum atomic E-state index is 4.07. The first kappa shape index (κ1) is 7.92. The number of rotatable bonds is 1. The summed E-state index contributed by atoms with van der Waals surface area (Å²) in [4.78, 5) is 8.04. The fraction of sp³-hybridized carbons (Fsp3) is 0.333. The Kier molecular flexibility index (Phi) is 2.36. The van der Waals surface area contributed by atoms with E-state index in [4.69, 9.17) is 0 Å². The molecule has 0 aliphatic heterocycles. The molecular weight excluding hydrogens is 136 g/mol. The topological polar surface area (TPSA) is 25.2 Å². The zero-order chi connectivity index (χ0) is 8.27. The van der Waals surface area contributed by atoms with E-state index in [-0.39, 0.29) is 0 Å². The fourth-order valence-electron chi connectivity index (χ4n) is 1.04. The van der Waals surface area contributed by atoms with Crippen LogP contribution < -0.4 is 0 Å². The van der Waals surface area contributed by atoms with Gasteiger partial charge >= 0.3 is 0 Å². The van der Waals surface area contributed by atoms with Gasteiger partial charge in [0.05, 0.1) is 0 Å². The van der Waals surface area contributed by atoms with Crippen LogP contribution in [0.25, 0.3) is 0 Å². The minimum Gasteiger partial charge on any atom is -0.296 e. The summed E-state index contributed by atoms with van der Waals surface area (Å²) < 4.78 is 0. The highest BCUT2D eigenvalue weighted by Gasteiger charge is 1.97. The Hall–Kier alpha value is -1.18. The van der Waals surface area contributed by atoms with Crippen LogP contribution >= 0.6 is 0 Å². The van der Waals surface area contributed by atoms with Crippen LogP contribution in [0.4, 0.5) is 0 Å². The van der Waals surface area contributed by atoms with E-state index in [1.54, 1.807) is 7.05 Å². The van der Waals surface area contributed by atoms with E-state index in [0.717, 1.165) is 0 Å². The predicted molar refractivity (Wildman–Crippen MR) is 47.2 cm³/mol. The van der Waals surface area contributed by atoms with Gasteiger partial charge in [-0.15, -0.1) is 0 Å². The first-order chi connectivity index (χ1) is 5.25. The van der Waals surface area contributed by atoms with Crippen molar-refractivity contribution in [1.82, 2.24) is 4.98 Å². The lowest BCUT2D eigenvalue weighted by Gasteiger charge is -2.01. The molecule has 0 N–H and O–H groups in total.